The summed E-state index contributed by atoms with van der Waals surface area (Å²) in [5, 5.41) is 2.80. The molecule has 1 atom stereocenters. The molecule has 2 N–H and O–H groups in total. The maximum absolute atomic E-state index is 13.2. The number of nitrogens with zero attached hydrogens (tertiary/aromatic N) is 1. The van der Waals surface area contributed by atoms with Crippen molar-refractivity contribution in [1.82, 2.24) is 14.9 Å². The fourth-order valence-electron chi connectivity index (χ4n) is 2.84. The van der Waals surface area contributed by atoms with Gasteiger partial charge in [0.15, 0.2) is 11.6 Å². The highest BCUT2D eigenvalue weighted by Crippen LogP contribution is 2.11. The molecule has 1 unspecified atom stereocenters. The summed E-state index contributed by atoms with van der Waals surface area (Å²) in [6.45, 7) is 1.75. The molecule has 1 aromatic rings. The first-order chi connectivity index (χ1) is 13.7. The molecule has 160 valence electrons. The summed E-state index contributed by atoms with van der Waals surface area (Å²) in [7, 11) is -3.45. The monoisotopic (exact) mass is 429 g/mol. The largest absolute Gasteiger partial charge is 0.348 e. The Kier molecular flexibility index (Phi) is 8.27. The van der Waals surface area contributed by atoms with Gasteiger partial charge in [0.05, 0.1) is 18.3 Å². The van der Waals surface area contributed by atoms with Crippen LogP contribution in [0.5, 0.6) is 0 Å². The van der Waals surface area contributed by atoms with Crippen LogP contribution in [-0.4, -0.2) is 56.6 Å². The molecular formula is C19H25F2N3O4S. The minimum atomic E-state index is -3.45. The molecule has 0 radical (unpaired) electrons. The summed E-state index contributed by atoms with van der Waals surface area (Å²) in [4.78, 5) is 25.8. The molecule has 0 aromatic heterocycles. The molecule has 29 heavy (non-hydrogen) atoms. The van der Waals surface area contributed by atoms with E-state index in [0.29, 0.717) is 24.9 Å². The predicted octanol–water partition coefficient (Wildman–Crippen LogP) is 1.11. The fraction of sp³-hybridized carbons (Fsp3) is 0.474. The van der Waals surface area contributed by atoms with Gasteiger partial charge in [0.2, 0.25) is 21.8 Å². The van der Waals surface area contributed by atoms with Gasteiger partial charge in [0.1, 0.15) is 0 Å². The normalized spacial score (nSPS) is 16.7. The summed E-state index contributed by atoms with van der Waals surface area (Å²) < 4.78 is 51.2. The number of benzene rings is 1. The molecule has 1 aliphatic rings. The van der Waals surface area contributed by atoms with Gasteiger partial charge in [-0.05, 0) is 37.5 Å². The molecule has 2 amide bonds. The Morgan fingerprint density at radius 1 is 1.24 bits per heavy atom. The lowest BCUT2D eigenvalue weighted by Gasteiger charge is -2.29. The molecule has 0 saturated heterocycles. The van der Waals surface area contributed by atoms with Gasteiger partial charge in [-0.2, -0.15) is 0 Å². The van der Waals surface area contributed by atoms with Crippen LogP contribution in [0.1, 0.15) is 25.3 Å². The number of hydrogen-bond acceptors (Lipinski definition) is 4. The number of nitrogens with one attached hydrogen (secondary N) is 2. The number of carbonyl (C=O) groups is 2. The van der Waals surface area contributed by atoms with Crippen LogP contribution in [0.15, 0.2) is 30.4 Å². The van der Waals surface area contributed by atoms with Crippen molar-refractivity contribution in [3.63, 3.8) is 0 Å². The van der Waals surface area contributed by atoms with Crippen LogP contribution in [0.25, 0.3) is 0 Å². The molecule has 10 heteroatoms. The highest BCUT2D eigenvalue weighted by atomic mass is 32.2. The van der Waals surface area contributed by atoms with Crippen LogP contribution in [0.2, 0.25) is 0 Å². The van der Waals surface area contributed by atoms with Crippen molar-refractivity contribution in [3.05, 3.63) is 47.5 Å². The van der Waals surface area contributed by atoms with Crippen molar-refractivity contribution in [2.75, 3.05) is 25.4 Å². The van der Waals surface area contributed by atoms with E-state index in [1.807, 2.05) is 0 Å². The molecule has 0 saturated carbocycles. The predicted molar refractivity (Wildman–Crippen MR) is 104 cm³/mol. The van der Waals surface area contributed by atoms with Crippen LogP contribution in [0.3, 0.4) is 0 Å². The van der Waals surface area contributed by atoms with Crippen molar-refractivity contribution in [1.29, 1.82) is 0 Å². The second kappa shape index (κ2) is 10.4. The van der Waals surface area contributed by atoms with Crippen LogP contribution in [0.4, 0.5) is 8.78 Å². The molecule has 1 aromatic carbocycles. The van der Waals surface area contributed by atoms with E-state index in [9.17, 15) is 26.8 Å². The maximum atomic E-state index is 13.2. The summed E-state index contributed by atoms with van der Waals surface area (Å²) in [5.74, 6) is -2.52. The molecule has 2 rings (SSSR count). The summed E-state index contributed by atoms with van der Waals surface area (Å²) in [6.07, 6.45) is 4.63. The molecule has 0 aliphatic carbocycles. The topological polar surface area (TPSA) is 95.6 Å². The van der Waals surface area contributed by atoms with Crippen LogP contribution in [0, 0.1) is 11.6 Å². The van der Waals surface area contributed by atoms with E-state index in [-0.39, 0.29) is 43.1 Å². The summed E-state index contributed by atoms with van der Waals surface area (Å²) in [5.41, 5.74) is 0.612. The Morgan fingerprint density at radius 2 is 2.00 bits per heavy atom. The Labute approximate surface area is 169 Å². The molecule has 0 fully saturated rings. The summed E-state index contributed by atoms with van der Waals surface area (Å²) in [6, 6.07) is 3.29. The molecule has 0 spiro atoms. The smallest absolute Gasteiger partial charge is 0.237 e. The molecule has 0 bridgehead atoms. The fourth-order valence-corrected chi connectivity index (χ4v) is 3.38. The van der Waals surface area contributed by atoms with Gasteiger partial charge in [-0.1, -0.05) is 18.2 Å². The second-order valence-corrected chi connectivity index (χ2v) is 8.82. The lowest BCUT2D eigenvalue weighted by Crippen LogP contribution is -2.49. The molecule has 1 heterocycles. The standard InChI is InChI=1S/C19H25F2N3O4S/c1-2-29(27,28)22-12-19(26)24-10-4-6-15(13-24)23-18(25)7-3-5-14-8-9-16(20)17(21)11-14/h4,6,8-9,11,15,22H,2-3,5,7,10,12-13H2,1H3,(H,23,25). The zero-order valence-corrected chi connectivity index (χ0v) is 17.0. The van der Waals surface area contributed by atoms with Gasteiger partial charge in [0, 0.05) is 19.5 Å². The molecule has 7 nitrogen and oxygen atoms in total. The number of aryl methyl sites for hydroxylation is 1. The highest BCUT2D eigenvalue weighted by molar-refractivity contribution is 7.89. The Bertz CT molecular complexity index is 874. The van der Waals surface area contributed by atoms with Crippen molar-refractivity contribution in [3.8, 4) is 0 Å². The Balaban J connectivity index is 1.75. The van der Waals surface area contributed by atoms with Crippen LogP contribution < -0.4 is 10.0 Å². The van der Waals surface area contributed by atoms with Crippen LogP contribution >= 0.6 is 0 Å². The van der Waals surface area contributed by atoms with Crippen molar-refractivity contribution in [2.45, 2.75) is 32.2 Å². The van der Waals surface area contributed by atoms with Crippen molar-refractivity contribution in [2.24, 2.45) is 0 Å². The van der Waals surface area contributed by atoms with Gasteiger partial charge in [0.25, 0.3) is 0 Å². The third kappa shape index (κ3) is 7.54. The van der Waals surface area contributed by atoms with E-state index in [0.717, 1.165) is 12.1 Å². The zero-order valence-electron chi connectivity index (χ0n) is 16.2. The molecule has 1 aliphatic heterocycles. The third-order valence-corrected chi connectivity index (χ3v) is 5.83. The molecular weight excluding hydrogens is 404 g/mol. The van der Waals surface area contributed by atoms with E-state index in [1.165, 1.54) is 17.9 Å². The van der Waals surface area contributed by atoms with E-state index >= 15 is 0 Å². The lowest BCUT2D eigenvalue weighted by molar-refractivity contribution is -0.130. The van der Waals surface area contributed by atoms with E-state index in [1.54, 1.807) is 12.2 Å². The first-order valence-corrected chi connectivity index (χ1v) is 11.0. The van der Waals surface area contributed by atoms with E-state index in [2.05, 4.69) is 10.0 Å². The average molecular weight is 429 g/mol. The van der Waals surface area contributed by atoms with Crippen molar-refractivity contribution >= 4 is 21.8 Å². The first kappa shape index (κ1) is 23.0. The Morgan fingerprint density at radius 3 is 2.69 bits per heavy atom. The second-order valence-electron chi connectivity index (χ2n) is 6.73. The number of sulfonamides is 1. The Hall–Kier alpha value is -2.33. The number of halogens is 2. The average Bonchev–Trinajstić information content (AvgIpc) is 2.69. The first-order valence-electron chi connectivity index (χ1n) is 9.35. The minimum Gasteiger partial charge on any atom is -0.348 e. The van der Waals surface area contributed by atoms with Gasteiger partial charge in [-0.3, -0.25) is 9.59 Å². The maximum Gasteiger partial charge on any atom is 0.237 e. The SMILES string of the molecule is CCS(=O)(=O)NCC(=O)N1CC=CC(NC(=O)CCCc2ccc(F)c(F)c2)C1. The third-order valence-electron chi connectivity index (χ3n) is 4.49. The number of rotatable bonds is 9. The number of hydrogen-bond donors (Lipinski definition) is 2. The van der Waals surface area contributed by atoms with E-state index in [4.69, 9.17) is 0 Å². The van der Waals surface area contributed by atoms with Gasteiger partial charge >= 0.3 is 0 Å². The van der Waals surface area contributed by atoms with Crippen molar-refractivity contribution < 1.29 is 26.8 Å². The number of carbonyl (C=O) groups excluding carboxylic acids is 2. The zero-order chi connectivity index (χ0) is 21.4. The quantitative estimate of drug-likeness (QED) is 0.575. The van der Waals surface area contributed by atoms with Crippen LogP contribution in [-0.2, 0) is 26.0 Å². The van der Waals surface area contributed by atoms with Gasteiger partial charge < -0.3 is 10.2 Å². The highest BCUT2D eigenvalue weighted by Gasteiger charge is 2.22. The van der Waals surface area contributed by atoms with E-state index < -0.39 is 21.7 Å². The van der Waals surface area contributed by atoms with Gasteiger partial charge in [-0.25, -0.2) is 21.9 Å². The minimum absolute atomic E-state index is 0.108. The lowest BCUT2D eigenvalue weighted by atomic mass is 10.1. The summed E-state index contributed by atoms with van der Waals surface area (Å²) >= 11 is 0. The number of amides is 2. The van der Waals surface area contributed by atoms with Gasteiger partial charge in [-0.15, -0.1) is 0 Å².